The number of carboxylic acid groups (broad SMARTS) is 2. The second-order valence-corrected chi connectivity index (χ2v) is 4.11. The van der Waals surface area contributed by atoms with Crippen molar-refractivity contribution in [3.63, 3.8) is 0 Å². The average Bonchev–Trinajstić information content (AvgIpc) is 2.27. The summed E-state index contributed by atoms with van der Waals surface area (Å²) in [5, 5.41) is 21.0. The van der Waals surface area contributed by atoms with Crippen LogP contribution >= 0.6 is 0 Å². The van der Waals surface area contributed by atoms with Gasteiger partial charge in [0, 0.05) is 17.9 Å². The number of carboxylic acids is 2. The third-order valence-corrected chi connectivity index (χ3v) is 2.92. The predicted molar refractivity (Wildman–Crippen MR) is 59.8 cm³/mol. The van der Waals surface area contributed by atoms with Crippen LogP contribution < -0.4 is 69.3 Å². The van der Waals surface area contributed by atoms with E-state index in [1.54, 1.807) is 0 Å². The maximum absolute atomic E-state index is 10.7. The summed E-state index contributed by atoms with van der Waals surface area (Å²) in [6.45, 7) is 7.00. The number of hydrogen-bond acceptors (Lipinski definition) is 5. The molecule has 0 amide bonds. The molecule has 0 saturated heterocycles. The molecule has 0 aromatic heterocycles. The summed E-state index contributed by atoms with van der Waals surface area (Å²) >= 11 is 0. The van der Waals surface area contributed by atoms with Crippen molar-refractivity contribution in [2.45, 2.75) is 39.5 Å². The molecular weight excluding hydrogens is 268 g/mol. The quantitative estimate of drug-likeness (QED) is 0.295. The Hall–Kier alpha value is 0.900. The molecule has 0 spiro atoms. The fourth-order valence-electron chi connectivity index (χ4n) is 1.77. The minimum absolute atomic E-state index is 0. The third kappa shape index (κ3) is 13.6. The van der Waals surface area contributed by atoms with Gasteiger partial charge in [0.1, 0.15) is 0 Å². The fourth-order valence-corrected chi connectivity index (χ4v) is 1.77. The molecule has 0 aromatic rings. The first kappa shape index (κ1) is 24.9. The van der Waals surface area contributed by atoms with Gasteiger partial charge in [-0.1, -0.05) is 20.3 Å². The Labute approximate surface area is 159 Å². The second kappa shape index (κ2) is 15.3. The zero-order chi connectivity index (χ0) is 13.3. The van der Waals surface area contributed by atoms with E-state index >= 15 is 0 Å². The van der Waals surface area contributed by atoms with E-state index in [9.17, 15) is 19.8 Å². The van der Waals surface area contributed by atoms with Crippen molar-refractivity contribution in [1.82, 2.24) is 4.90 Å². The molecule has 0 aromatic carbocycles. The first-order valence-electron chi connectivity index (χ1n) is 6.14. The van der Waals surface area contributed by atoms with Crippen LogP contribution in [0.1, 0.15) is 39.5 Å². The molecule has 0 rings (SSSR count). The van der Waals surface area contributed by atoms with E-state index in [0.29, 0.717) is 12.8 Å². The molecule has 0 bridgehead atoms. The van der Waals surface area contributed by atoms with E-state index in [0.717, 1.165) is 26.1 Å². The first-order valence-corrected chi connectivity index (χ1v) is 6.14. The maximum atomic E-state index is 10.7. The molecule has 0 aliphatic carbocycles. The molecule has 100 valence electrons. The number of carbonyl (C=O) groups excluding carboxylic acids is 2. The van der Waals surface area contributed by atoms with Gasteiger partial charge in [-0.3, -0.25) is 0 Å². The summed E-state index contributed by atoms with van der Waals surface area (Å²) in [6.07, 6.45) is 1.46. The van der Waals surface area contributed by atoms with E-state index < -0.39 is 24.3 Å². The minimum Gasteiger partial charge on any atom is -0.550 e. The van der Waals surface area contributed by atoms with Gasteiger partial charge in [0.2, 0.25) is 0 Å². The molecule has 0 aliphatic heterocycles. The van der Waals surface area contributed by atoms with Crippen LogP contribution in [0.15, 0.2) is 0 Å². The smallest absolute Gasteiger partial charge is 0.550 e. The van der Waals surface area contributed by atoms with Crippen molar-refractivity contribution in [2.75, 3.05) is 19.6 Å². The number of aliphatic carboxylic acids is 2. The van der Waals surface area contributed by atoms with Crippen LogP contribution in [0.5, 0.6) is 0 Å². The fraction of sp³-hybridized carbons (Fsp3) is 0.833. The summed E-state index contributed by atoms with van der Waals surface area (Å²) in [6, 6.07) is 0. The topological polar surface area (TPSA) is 83.5 Å². The first-order chi connectivity index (χ1) is 8.01. The molecule has 0 heterocycles. The molecule has 5 nitrogen and oxygen atoms in total. The maximum Gasteiger partial charge on any atom is 1.00 e. The van der Waals surface area contributed by atoms with Crippen molar-refractivity contribution in [1.29, 1.82) is 0 Å². The monoisotopic (exact) mass is 289 g/mol. The standard InChI is InChI=1S/C12H23NO4.2Na/c1-3-13(4-2)8-6-5-7-10(12(16)17)9-11(14)15;;/h10H,3-9H2,1-2H3,(H,14,15)(H,16,17);;/q;2*+1/p-2. The van der Waals surface area contributed by atoms with Gasteiger partial charge >= 0.3 is 59.1 Å². The van der Waals surface area contributed by atoms with Crippen LogP contribution in [0.3, 0.4) is 0 Å². The molecule has 0 aliphatic rings. The summed E-state index contributed by atoms with van der Waals surface area (Å²) in [5.41, 5.74) is 0. The largest absolute Gasteiger partial charge is 1.00 e. The Bertz CT molecular complexity index is 248. The van der Waals surface area contributed by atoms with Crippen molar-refractivity contribution in [3.05, 3.63) is 0 Å². The van der Waals surface area contributed by atoms with E-state index in [-0.39, 0.29) is 59.1 Å². The van der Waals surface area contributed by atoms with Crippen LogP contribution in [0.4, 0.5) is 0 Å². The van der Waals surface area contributed by atoms with Gasteiger partial charge in [-0.2, -0.15) is 0 Å². The summed E-state index contributed by atoms with van der Waals surface area (Å²) < 4.78 is 0. The zero-order valence-electron chi connectivity index (χ0n) is 12.6. The molecule has 19 heavy (non-hydrogen) atoms. The number of hydrogen-bond donors (Lipinski definition) is 0. The van der Waals surface area contributed by atoms with E-state index in [2.05, 4.69) is 18.7 Å². The van der Waals surface area contributed by atoms with Gasteiger partial charge in [-0.15, -0.1) is 0 Å². The Balaban J connectivity index is -0.00000128. The van der Waals surface area contributed by atoms with Crippen LogP contribution in [-0.2, 0) is 9.59 Å². The van der Waals surface area contributed by atoms with Gasteiger partial charge in [-0.25, -0.2) is 0 Å². The molecule has 0 saturated carbocycles. The van der Waals surface area contributed by atoms with Crippen LogP contribution in [-0.4, -0.2) is 36.5 Å². The number of unbranched alkanes of at least 4 members (excludes halogenated alkanes) is 1. The van der Waals surface area contributed by atoms with Crippen molar-refractivity contribution in [3.8, 4) is 0 Å². The SMILES string of the molecule is CCN(CC)CCCCC(CC(=O)[O-])C(=O)[O-].[Na+].[Na+]. The van der Waals surface area contributed by atoms with Gasteiger partial charge in [0.15, 0.2) is 0 Å². The average molecular weight is 289 g/mol. The number of nitrogens with zero attached hydrogens (tertiary/aromatic N) is 1. The van der Waals surface area contributed by atoms with Crippen LogP contribution in [0.25, 0.3) is 0 Å². The Morgan fingerprint density at radius 2 is 1.58 bits per heavy atom. The van der Waals surface area contributed by atoms with E-state index in [4.69, 9.17) is 0 Å². The normalized spacial score (nSPS) is 11.3. The van der Waals surface area contributed by atoms with Crippen molar-refractivity contribution >= 4 is 11.9 Å². The Kier molecular flexibility index (Phi) is 20.0. The zero-order valence-corrected chi connectivity index (χ0v) is 16.6. The Morgan fingerprint density at radius 1 is 1.05 bits per heavy atom. The molecule has 0 N–H and O–H groups in total. The molecular formula is C12H21NNa2O4. The van der Waals surface area contributed by atoms with Gasteiger partial charge in [0.25, 0.3) is 0 Å². The summed E-state index contributed by atoms with van der Waals surface area (Å²) in [5.74, 6) is -3.54. The van der Waals surface area contributed by atoms with Crippen LogP contribution in [0.2, 0.25) is 0 Å². The van der Waals surface area contributed by atoms with Crippen LogP contribution in [0, 0.1) is 5.92 Å². The Morgan fingerprint density at radius 3 is 1.95 bits per heavy atom. The number of rotatable bonds is 10. The predicted octanol–water partition coefficient (Wildman–Crippen LogP) is -6.99. The molecule has 1 atom stereocenters. The summed E-state index contributed by atoms with van der Waals surface area (Å²) in [4.78, 5) is 23.2. The van der Waals surface area contributed by atoms with Gasteiger partial charge < -0.3 is 24.7 Å². The van der Waals surface area contributed by atoms with Crippen molar-refractivity contribution in [2.24, 2.45) is 5.92 Å². The molecule has 7 heteroatoms. The second-order valence-electron chi connectivity index (χ2n) is 4.11. The molecule has 1 unspecified atom stereocenters. The molecule has 0 fully saturated rings. The van der Waals surface area contributed by atoms with E-state index in [1.165, 1.54) is 0 Å². The molecule has 0 radical (unpaired) electrons. The van der Waals surface area contributed by atoms with Gasteiger partial charge in [0.05, 0.1) is 0 Å². The number of carbonyl (C=O) groups is 2. The minimum atomic E-state index is -1.33. The summed E-state index contributed by atoms with van der Waals surface area (Å²) in [7, 11) is 0. The van der Waals surface area contributed by atoms with Gasteiger partial charge in [-0.05, 0) is 38.9 Å². The van der Waals surface area contributed by atoms with Crippen molar-refractivity contribution < 1.29 is 78.9 Å². The van der Waals surface area contributed by atoms with E-state index in [1.807, 2.05) is 0 Å². The third-order valence-electron chi connectivity index (χ3n) is 2.92.